The summed E-state index contributed by atoms with van der Waals surface area (Å²) >= 11 is 0. The summed E-state index contributed by atoms with van der Waals surface area (Å²) in [6.07, 6.45) is 0. The number of piperazine rings is 1. The SMILES string of the molecule is COc1cc(C)c(S(=O)(=O)NCCN2CCNCC2)cc1C. The lowest BCUT2D eigenvalue weighted by molar-refractivity contribution is 0.245. The van der Waals surface area contributed by atoms with E-state index in [-0.39, 0.29) is 0 Å². The normalized spacial score (nSPS) is 16.7. The second-order valence-electron chi connectivity index (χ2n) is 5.58. The maximum absolute atomic E-state index is 12.5. The van der Waals surface area contributed by atoms with Crippen LogP contribution in [0.1, 0.15) is 11.1 Å². The average molecular weight is 327 g/mol. The van der Waals surface area contributed by atoms with Crippen molar-refractivity contribution < 1.29 is 13.2 Å². The van der Waals surface area contributed by atoms with E-state index >= 15 is 0 Å². The first-order valence-electron chi connectivity index (χ1n) is 7.52. The first-order chi connectivity index (χ1) is 10.4. The molecule has 6 nitrogen and oxygen atoms in total. The lowest BCUT2D eigenvalue weighted by Gasteiger charge is -2.27. The molecular weight excluding hydrogens is 302 g/mol. The van der Waals surface area contributed by atoms with Crippen molar-refractivity contribution in [2.24, 2.45) is 0 Å². The summed E-state index contributed by atoms with van der Waals surface area (Å²) in [5.74, 6) is 0.706. The molecule has 124 valence electrons. The highest BCUT2D eigenvalue weighted by Gasteiger charge is 2.19. The van der Waals surface area contributed by atoms with Crippen LogP contribution in [0.15, 0.2) is 17.0 Å². The molecule has 1 saturated heterocycles. The molecule has 0 bridgehead atoms. The number of nitrogens with zero attached hydrogens (tertiary/aromatic N) is 1. The highest BCUT2D eigenvalue weighted by Crippen LogP contribution is 2.25. The minimum absolute atomic E-state index is 0.325. The van der Waals surface area contributed by atoms with Crippen molar-refractivity contribution >= 4 is 10.0 Å². The third-order valence-corrected chi connectivity index (χ3v) is 5.51. The molecule has 22 heavy (non-hydrogen) atoms. The molecule has 0 aliphatic carbocycles. The fourth-order valence-corrected chi connectivity index (χ4v) is 3.95. The van der Waals surface area contributed by atoms with Crippen molar-refractivity contribution in [1.29, 1.82) is 0 Å². The molecular formula is C15H25N3O3S. The van der Waals surface area contributed by atoms with Crippen molar-refractivity contribution in [3.8, 4) is 5.75 Å². The summed E-state index contributed by atoms with van der Waals surface area (Å²) in [7, 11) is -1.90. The monoisotopic (exact) mass is 327 g/mol. The molecule has 0 spiro atoms. The zero-order valence-corrected chi connectivity index (χ0v) is 14.3. The fourth-order valence-electron chi connectivity index (χ4n) is 2.62. The molecule has 2 N–H and O–H groups in total. The summed E-state index contributed by atoms with van der Waals surface area (Å²) in [5, 5.41) is 3.28. The number of methoxy groups -OCH3 is 1. The number of benzene rings is 1. The molecule has 1 aromatic carbocycles. The van der Waals surface area contributed by atoms with Crippen LogP contribution in [-0.2, 0) is 10.0 Å². The predicted molar refractivity (Wildman–Crippen MR) is 87.0 cm³/mol. The van der Waals surface area contributed by atoms with Gasteiger partial charge in [-0.15, -0.1) is 0 Å². The maximum Gasteiger partial charge on any atom is 0.240 e. The van der Waals surface area contributed by atoms with Gasteiger partial charge in [-0.3, -0.25) is 4.90 Å². The summed E-state index contributed by atoms with van der Waals surface area (Å²) in [5.41, 5.74) is 1.51. The van der Waals surface area contributed by atoms with Gasteiger partial charge in [-0.05, 0) is 37.1 Å². The van der Waals surface area contributed by atoms with Crippen LogP contribution in [0.4, 0.5) is 0 Å². The molecule has 1 heterocycles. The summed E-state index contributed by atoms with van der Waals surface area (Å²) < 4.78 is 32.9. The minimum Gasteiger partial charge on any atom is -0.496 e. The van der Waals surface area contributed by atoms with Crippen molar-refractivity contribution in [3.63, 3.8) is 0 Å². The van der Waals surface area contributed by atoms with E-state index in [1.54, 1.807) is 26.2 Å². The number of hydrogen-bond acceptors (Lipinski definition) is 5. The van der Waals surface area contributed by atoms with Crippen LogP contribution >= 0.6 is 0 Å². The van der Waals surface area contributed by atoms with Crippen molar-refractivity contribution in [1.82, 2.24) is 14.9 Å². The van der Waals surface area contributed by atoms with Gasteiger partial charge in [-0.25, -0.2) is 13.1 Å². The second kappa shape index (κ2) is 7.41. The molecule has 1 aromatic rings. The molecule has 7 heteroatoms. The second-order valence-corrected chi connectivity index (χ2v) is 7.31. The highest BCUT2D eigenvalue weighted by atomic mass is 32.2. The largest absolute Gasteiger partial charge is 0.496 e. The van der Waals surface area contributed by atoms with Crippen LogP contribution in [0.5, 0.6) is 5.75 Å². The number of nitrogens with one attached hydrogen (secondary N) is 2. The van der Waals surface area contributed by atoms with Crippen LogP contribution in [0.3, 0.4) is 0 Å². The van der Waals surface area contributed by atoms with Gasteiger partial charge >= 0.3 is 0 Å². The third-order valence-electron chi connectivity index (χ3n) is 3.91. The smallest absolute Gasteiger partial charge is 0.240 e. The van der Waals surface area contributed by atoms with Crippen LogP contribution < -0.4 is 14.8 Å². The van der Waals surface area contributed by atoms with Gasteiger partial charge in [0.2, 0.25) is 10.0 Å². The standard InChI is InChI=1S/C15H25N3O3S/c1-12-11-15(13(2)10-14(12)21-3)22(19,20)17-6-9-18-7-4-16-5-8-18/h10-11,16-17H,4-9H2,1-3H3. The Morgan fingerprint density at radius 1 is 1.23 bits per heavy atom. The zero-order chi connectivity index (χ0) is 16.2. The molecule has 0 unspecified atom stereocenters. The Kier molecular flexibility index (Phi) is 5.80. The fraction of sp³-hybridized carbons (Fsp3) is 0.600. The van der Waals surface area contributed by atoms with Crippen molar-refractivity contribution in [2.45, 2.75) is 18.7 Å². The lowest BCUT2D eigenvalue weighted by atomic mass is 10.1. The van der Waals surface area contributed by atoms with E-state index in [1.807, 2.05) is 6.92 Å². The Balaban J connectivity index is 2.02. The molecule has 2 rings (SSSR count). The first-order valence-corrected chi connectivity index (χ1v) is 9.00. The molecule has 0 radical (unpaired) electrons. The zero-order valence-electron chi connectivity index (χ0n) is 13.5. The van der Waals surface area contributed by atoms with Crippen molar-refractivity contribution in [2.75, 3.05) is 46.4 Å². The summed E-state index contributed by atoms with van der Waals surface area (Å²) in [6, 6.07) is 3.43. The van der Waals surface area contributed by atoms with Crippen LogP contribution in [0, 0.1) is 13.8 Å². The van der Waals surface area contributed by atoms with Crippen LogP contribution in [0.2, 0.25) is 0 Å². The Morgan fingerprint density at radius 2 is 1.91 bits per heavy atom. The van der Waals surface area contributed by atoms with E-state index < -0.39 is 10.0 Å². The predicted octanol–water partition coefficient (Wildman–Crippen LogP) is 0.496. The Bertz CT molecular complexity index is 611. The lowest BCUT2D eigenvalue weighted by Crippen LogP contribution is -2.46. The molecule has 0 amide bonds. The maximum atomic E-state index is 12.5. The minimum atomic E-state index is -3.49. The van der Waals surface area contributed by atoms with Gasteiger partial charge in [-0.2, -0.15) is 0 Å². The first kappa shape index (κ1) is 17.2. The van der Waals surface area contributed by atoms with Gasteiger partial charge in [0.25, 0.3) is 0 Å². The van der Waals surface area contributed by atoms with Gasteiger partial charge in [0, 0.05) is 39.3 Å². The van der Waals surface area contributed by atoms with Gasteiger partial charge in [0.15, 0.2) is 0 Å². The van der Waals surface area contributed by atoms with E-state index in [1.165, 1.54) is 0 Å². The molecule has 0 atom stereocenters. The molecule has 0 saturated carbocycles. The van der Waals surface area contributed by atoms with Crippen molar-refractivity contribution in [3.05, 3.63) is 23.3 Å². The topological polar surface area (TPSA) is 70.7 Å². The quantitative estimate of drug-likeness (QED) is 0.796. The number of aryl methyl sites for hydroxylation is 2. The number of rotatable bonds is 6. The van der Waals surface area contributed by atoms with Gasteiger partial charge in [0.05, 0.1) is 12.0 Å². The average Bonchev–Trinajstić information content (AvgIpc) is 2.50. The Hall–Kier alpha value is -1.15. The molecule has 1 aliphatic rings. The Morgan fingerprint density at radius 3 is 2.55 bits per heavy atom. The van der Waals surface area contributed by atoms with Crippen LogP contribution in [-0.4, -0.2) is 59.7 Å². The highest BCUT2D eigenvalue weighted by molar-refractivity contribution is 7.89. The van der Waals surface area contributed by atoms with E-state index in [9.17, 15) is 8.42 Å². The van der Waals surface area contributed by atoms with E-state index in [2.05, 4.69) is 14.9 Å². The third kappa shape index (κ3) is 4.19. The number of sulfonamides is 1. The summed E-state index contributed by atoms with van der Waals surface area (Å²) in [6.45, 7) is 8.63. The van der Waals surface area contributed by atoms with E-state index in [0.29, 0.717) is 22.8 Å². The van der Waals surface area contributed by atoms with Crippen LogP contribution in [0.25, 0.3) is 0 Å². The van der Waals surface area contributed by atoms with E-state index in [4.69, 9.17) is 4.74 Å². The number of hydrogen-bond donors (Lipinski definition) is 2. The number of ether oxygens (including phenoxy) is 1. The molecule has 0 aromatic heterocycles. The van der Waals surface area contributed by atoms with E-state index in [0.717, 1.165) is 38.3 Å². The summed E-state index contributed by atoms with van der Waals surface area (Å²) in [4.78, 5) is 2.58. The van der Waals surface area contributed by atoms with Gasteiger partial charge < -0.3 is 10.1 Å². The van der Waals surface area contributed by atoms with Gasteiger partial charge in [-0.1, -0.05) is 0 Å². The molecule has 1 aliphatic heterocycles. The van der Waals surface area contributed by atoms with Gasteiger partial charge in [0.1, 0.15) is 5.75 Å². The Labute approximate surface area is 132 Å². The molecule has 1 fully saturated rings.